The van der Waals surface area contributed by atoms with E-state index in [1.807, 2.05) is 49.4 Å². The highest BCUT2D eigenvalue weighted by molar-refractivity contribution is 5.89. The van der Waals surface area contributed by atoms with Gasteiger partial charge in [-0.25, -0.2) is 4.79 Å². The van der Waals surface area contributed by atoms with Crippen LogP contribution in [0.25, 0.3) is 0 Å². The standard InChI is InChI=1S/C23H28N2O4/c1-17(18-9-11-19(12-10-18)21(26)28-2)25-22(27)23(13-6-14-23)24-15-16-29-20-7-4-3-5-8-20/h3-5,7-12,17,24H,6,13-16H2,1-2H3,(H,25,27)/t17-/m0/s1. The van der Waals surface area contributed by atoms with Crippen molar-refractivity contribution in [3.63, 3.8) is 0 Å². The van der Waals surface area contributed by atoms with Gasteiger partial charge in [0.05, 0.1) is 24.3 Å². The normalized spacial score (nSPS) is 15.7. The highest BCUT2D eigenvalue weighted by Crippen LogP contribution is 2.32. The first kappa shape index (κ1) is 20.9. The third-order valence-corrected chi connectivity index (χ3v) is 5.40. The van der Waals surface area contributed by atoms with Gasteiger partial charge in [0.2, 0.25) is 5.91 Å². The molecule has 0 unspecified atom stereocenters. The Balaban J connectivity index is 1.51. The zero-order valence-corrected chi connectivity index (χ0v) is 16.9. The number of carbonyl (C=O) groups is 2. The molecule has 2 N–H and O–H groups in total. The van der Waals surface area contributed by atoms with Gasteiger partial charge < -0.3 is 14.8 Å². The number of benzene rings is 2. The van der Waals surface area contributed by atoms with E-state index in [2.05, 4.69) is 10.6 Å². The molecular weight excluding hydrogens is 368 g/mol. The van der Waals surface area contributed by atoms with Crippen LogP contribution in [-0.2, 0) is 9.53 Å². The van der Waals surface area contributed by atoms with Crippen LogP contribution in [0, 0.1) is 0 Å². The molecule has 1 saturated carbocycles. The summed E-state index contributed by atoms with van der Waals surface area (Å²) >= 11 is 0. The molecule has 6 heteroatoms. The number of rotatable bonds is 9. The Hall–Kier alpha value is -2.86. The van der Waals surface area contributed by atoms with Crippen LogP contribution in [0.3, 0.4) is 0 Å². The molecule has 2 aromatic rings. The average Bonchev–Trinajstić information content (AvgIpc) is 2.72. The number of amides is 1. The minimum Gasteiger partial charge on any atom is -0.492 e. The molecule has 154 valence electrons. The summed E-state index contributed by atoms with van der Waals surface area (Å²) in [7, 11) is 1.36. The van der Waals surface area contributed by atoms with E-state index in [0.29, 0.717) is 18.7 Å². The maximum absolute atomic E-state index is 12.9. The van der Waals surface area contributed by atoms with Crippen LogP contribution >= 0.6 is 0 Å². The van der Waals surface area contributed by atoms with Gasteiger partial charge in [0.15, 0.2) is 0 Å². The van der Waals surface area contributed by atoms with E-state index in [1.54, 1.807) is 12.1 Å². The van der Waals surface area contributed by atoms with E-state index in [9.17, 15) is 9.59 Å². The van der Waals surface area contributed by atoms with Gasteiger partial charge in [0.1, 0.15) is 12.4 Å². The van der Waals surface area contributed by atoms with Crippen LogP contribution in [-0.4, -0.2) is 37.7 Å². The lowest BCUT2D eigenvalue weighted by atomic mass is 9.75. The summed E-state index contributed by atoms with van der Waals surface area (Å²) in [6.45, 7) is 3.05. The fourth-order valence-electron chi connectivity index (χ4n) is 3.43. The van der Waals surface area contributed by atoms with Crippen LogP contribution in [0.1, 0.15) is 48.1 Å². The highest BCUT2D eigenvalue weighted by atomic mass is 16.5. The van der Waals surface area contributed by atoms with Crippen molar-refractivity contribution in [2.45, 2.75) is 37.8 Å². The van der Waals surface area contributed by atoms with Gasteiger partial charge in [-0.15, -0.1) is 0 Å². The molecule has 29 heavy (non-hydrogen) atoms. The minimum atomic E-state index is -0.528. The topological polar surface area (TPSA) is 76.7 Å². The van der Waals surface area contributed by atoms with E-state index in [4.69, 9.17) is 9.47 Å². The van der Waals surface area contributed by atoms with Gasteiger partial charge in [-0.1, -0.05) is 30.3 Å². The van der Waals surface area contributed by atoms with Crippen LogP contribution in [0.4, 0.5) is 0 Å². The molecule has 3 rings (SSSR count). The summed E-state index contributed by atoms with van der Waals surface area (Å²) in [5, 5.41) is 6.49. The molecule has 0 heterocycles. The molecule has 1 aliphatic rings. The molecule has 1 fully saturated rings. The number of carbonyl (C=O) groups excluding carboxylic acids is 2. The molecule has 6 nitrogen and oxygen atoms in total. The Morgan fingerprint density at radius 3 is 2.34 bits per heavy atom. The van der Waals surface area contributed by atoms with Gasteiger partial charge in [-0.05, 0) is 56.0 Å². The van der Waals surface area contributed by atoms with Crippen LogP contribution < -0.4 is 15.4 Å². The van der Waals surface area contributed by atoms with Crippen molar-refractivity contribution in [3.8, 4) is 5.75 Å². The van der Waals surface area contributed by atoms with E-state index in [0.717, 1.165) is 30.6 Å². The summed E-state index contributed by atoms with van der Waals surface area (Å²) in [5.74, 6) is 0.460. The van der Waals surface area contributed by atoms with Crippen molar-refractivity contribution in [2.24, 2.45) is 0 Å². The first-order chi connectivity index (χ1) is 14.0. The molecule has 1 aliphatic carbocycles. The number of nitrogens with one attached hydrogen (secondary N) is 2. The number of hydrogen-bond donors (Lipinski definition) is 2. The van der Waals surface area contributed by atoms with Gasteiger partial charge in [-0.2, -0.15) is 0 Å². The van der Waals surface area contributed by atoms with Crippen LogP contribution in [0.15, 0.2) is 54.6 Å². The van der Waals surface area contributed by atoms with Gasteiger partial charge in [-0.3, -0.25) is 10.1 Å². The molecule has 0 aromatic heterocycles. The number of para-hydroxylation sites is 1. The van der Waals surface area contributed by atoms with E-state index in [1.165, 1.54) is 7.11 Å². The van der Waals surface area contributed by atoms with E-state index in [-0.39, 0.29) is 17.9 Å². The molecule has 0 spiro atoms. The first-order valence-electron chi connectivity index (χ1n) is 9.96. The summed E-state index contributed by atoms with van der Waals surface area (Å²) < 4.78 is 10.4. The molecule has 0 aliphatic heterocycles. The summed E-state index contributed by atoms with van der Waals surface area (Å²) in [5.41, 5.74) is 0.901. The average molecular weight is 396 g/mol. The number of ether oxygens (including phenoxy) is 2. The fourth-order valence-corrected chi connectivity index (χ4v) is 3.43. The lowest BCUT2D eigenvalue weighted by molar-refractivity contribution is -0.131. The van der Waals surface area contributed by atoms with Crippen molar-refractivity contribution < 1.29 is 19.1 Å². The van der Waals surface area contributed by atoms with E-state index < -0.39 is 5.54 Å². The molecule has 1 atom stereocenters. The maximum atomic E-state index is 12.9. The fraction of sp³-hybridized carbons (Fsp3) is 0.391. The van der Waals surface area contributed by atoms with E-state index >= 15 is 0 Å². The Bertz CT molecular complexity index is 817. The monoisotopic (exact) mass is 396 g/mol. The molecule has 2 aromatic carbocycles. The third-order valence-electron chi connectivity index (χ3n) is 5.40. The quantitative estimate of drug-likeness (QED) is 0.503. The van der Waals surface area contributed by atoms with Crippen LogP contribution in [0.2, 0.25) is 0 Å². The smallest absolute Gasteiger partial charge is 0.337 e. The van der Waals surface area contributed by atoms with Crippen molar-refractivity contribution in [2.75, 3.05) is 20.3 Å². The molecule has 1 amide bonds. The van der Waals surface area contributed by atoms with Crippen molar-refractivity contribution in [1.29, 1.82) is 0 Å². The Morgan fingerprint density at radius 2 is 1.76 bits per heavy atom. The zero-order valence-electron chi connectivity index (χ0n) is 16.9. The minimum absolute atomic E-state index is 0.00741. The molecule has 0 saturated heterocycles. The Labute approximate surface area is 171 Å². The molecule has 0 radical (unpaired) electrons. The molecule has 0 bridgehead atoms. The van der Waals surface area contributed by atoms with Crippen molar-refractivity contribution in [1.82, 2.24) is 10.6 Å². The Morgan fingerprint density at radius 1 is 1.07 bits per heavy atom. The van der Waals surface area contributed by atoms with Crippen LogP contribution in [0.5, 0.6) is 5.75 Å². The lowest BCUT2D eigenvalue weighted by Crippen LogP contribution is -2.62. The predicted molar refractivity (Wildman–Crippen MR) is 111 cm³/mol. The van der Waals surface area contributed by atoms with Gasteiger partial charge in [0, 0.05) is 6.54 Å². The SMILES string of the molecule is COC(=O)c1ccc([C@H](C)NC(=O)C2(NCCOc3ccccc3)CCC2)cc1. The summed E-state index contributed by atoms with van der Waals surface area (Å²) in [6.07, 6.45) is 2.67. The zero-order chi connectivity index (χ0) is 20.7. The first-order valence-corrected chi connectivity index (χ1v) is 9.96. The Kier molecular flexibility index (Phi) is 6.88. The second-order valence-electron chi connectivity index (χ2n) is 7.33. The summed E-state index contributed by atoms with van der Waals surface area (Å²) in [6, 6.07) is 16.6. The van der Waals surface area contributed by atoms with Crippen molar-refractivity contribution >= 4 is 11.9 Å². The summed E-state index contributed by atoms with van der Waals surface area (Å²) in [4.78, 5) is 24.5. The number of esters is 1. The molecular formula is C23H28N2O4. The third kappa shape index (κ3) is 5.15. The van der Waals surface area contributed by atoms with Crippen molar-refractivity contribution in [3.05, 3.63) is 65.7 Å². The largest absolute Gasteiger partial charge is 0.492 e. The second-order valence-corrected chi connectivity index (χ2v) is 7.33. The number of hydrogen-bond acceptors (Lipinski definition) is 5. The lowest BCUT2D eigenvalue weighted by Gasteiger charge is -2.41. The second kappa shape index (κ2) is 9.56. The predicted octanol–water partition coefficient (Wildman–Crippen LogP) is 3.24. The number of methoxy groups -OCH3 is 1. The van der Waals surface area contributed by atoms with Gasteiger partial charge >= 0.3 is 5.97 Å². The maximum Gasteiger partial charge on any atom is 0.337 e. The highest BCUT2D eigenvalue weighted by Gasteiger charge is 2.43. The van der Waals surface area contributed by atoms with Gasteiger partial charge in [0.25, 0.3) is 0 Å².